The molecule has 2 atom stereocenters. The Hall–Kier alpha value is -2.41. The lowest BCUT2D eigenvalue weighted by atomic mass is 9.99. The first-order valence-corrected chi connectivity index (χ1v) is 10.1. The van der Waals surface area contributed by atoms with Crippen molar-refractivity contribution < 1.29 is 9.72 Å². The van der Waals surface area contributed by atoms with E-state index in [0.717, 1.165) is 30.8 Å². The number of hydrogen-bond acceptors (Lipinski definition) is 5. The van der Waals surface area contributed by atoms with Gasteiger partial charge in [0.1, 0.15) is 5.69 Å². The summed E-state index contributed by atoms with van der Waals surface area (Å²) in [5.74, 6) is 0.301. The third-order valence-corrected chi connectivity index (χ3v) is 6.32. The van der Waals surface area contributed by atoms with Crippen LogP contribution in [0.5, 0.6) is 0 Å². The number of carbonyl (C=O) groups excluding carboxylic acids is 1. The summed E-state index contributed by atoms with van der Waals surface area (Å²) < 4.78 is 0. The van der Waals surface area contributed by atoms with Gasteiger partial charge in [-0.2, -0.15) is 0 Å². The third-order valence-electron chi connectivity index (χ3n) is 5.27. The van der Waals surface area contributed by atoms with E-state index in [4.69, 9.17) is 0 Å². The van der Waals surface area contributed by atoms with Crippen LogP contribution in [0.4, 0.5) is 11.4 Å². The summed E-state index contributed by atoms with van der Waals surface area (Å²) in [6.45, 7) is 5.75. The molecule has 0 spiro atoms. The highest BCUT2D eigenvalue weighted by atomic mass is 32.1. The molecule has 1 amide bonds. The average Bonchev–Trinajstić information content (AvgIpc) is 3.20. The first kappa shape index (κ1) is 19.4. The molecule has 0 saturated carbocycles. The molecule has 0 aliphatic carbocycles. The lowest BCUT2D eigenvalue weighted by Crippen LogP contribution is -2.34. The van der Waals surface area contributed by atoms with E-state index < -0.39 is 0 Å². The van der Waals surface area contributed by atoms with Crippen LogP contribution in [0.25, 0.3) is 0 Å². The van der Waals surface area contributed by atoms with Crippen molar-refractivity contribution in [2.24, 2.45) is 5.92 Å². The molecule has 1 aromatic heterocycles. The van der Waals surface area contributed by atoms with E-state index in [-0.39, 0.29) is 22.6 Å². The molecule has 7 heteroatoms. The number of nitro groups is 1. The number of nitrogens with zero attached hydrogens (tertiary/aromatic N) is 3. The summed E-state index contributed by atoms with van der Waals surface area (Å²) >= 11 is 1.59. The fraction of sp³-hybridized carbons (Fsp3) is 0.450. The van der Waals surface area contributed by atoms with E-state index in [9.17, 15) is 14.9 Å². The first-order chi connectivity index (χ1) is 12.9. The zero-order valence-electron chi connectivity index (χ0n) is 15.9. The highest BCUT2D eigenvalue weighted by molar-refractivity contribution is 7.10. The molecule has 27 heavy (non-hydrogen) atoms. The van der Waals surface area contributed by atoms with Gasteiger partial charge >= 0.3 is 0 Å². The number of rotatable bonds is 5. The lowest BCUT2D eigenvalue weighted by molar-refractivity contribution is -0.384. The number of thiophene rings is 1. The van der Waals surface area contributed by atoms with E-state index in [2.05, 4.69) is 11.8 Å². The summed E-state index contributed by atoms with van der Waals surface area (Å²) in [6.07, 6.45) is 2.17. The van der Waals surface area contributed by atoms with Gasteiger partial charge in [0, 0.05) is 36.6 Å². The molecule has 1 aromatic carbocycles. The van der Waals surface area contributed by atoms with Crippen molar-refractivity contribution in [3.8, 4) is 0 Å². The topological polar surface area (TPSA) is 66.7 Å². The van der Waals surface area contributed by atoms with Crippen LogP contribution in [0.2, 0.25) is 0 Å². The van der Waals surface area contributed by atoms with Gasteiger partial charge in [-0.15, -0.1) is 11.3 Å². The molecule has 2 aromatic rings. The molecule has 144 valence electrons. The summed E-state index contributed by atoms with van der Waals surface area (Å²) in [4.78, 5) is 29.0. The van der Waals surface area contributed by atoms with Crippen molar-refractivity contribution >= 4 is 28.6 Å². The Balaban J connectivity index is 1.87. The number of hydrogen-bond donors (Lipinski definition) is 0. The van der Waals surface area contributed by atoms with Crippen molar-refractivity contribution in [3.63, 3.8) is 0 Å². The minimum Gasteiger partial charge on any atom is -0.366 e. The number of piperidine rings is 1. The van der Waals surface area contributed by atoms with E-state index in [0.29, 0.717) is 17.2 Å². The smallest absolute Gasteiger partial charge is 0.293 e. The second kappa shape index (κ2) is 8.08. The number of anilines is 1. The van der Waals surface area contributed by atoms with Crippen molar-refractivity contribution in [3.05, 3.63) is 56.3 Å². The van der Waals surface area contributed by atoms with Crippen molar-refractivity contribution in [2.75, 3.05) is 25.0 Å². The molecule has 2 heterocycles. The van der Waals surface area contributed by atoms with Crippen LogP contribution < -0.4 is 4.90 Å². The lowest BCUT2D eigenvalue weighted by Gasteiger charge is -2.32. The molecule has 0 N–H and O–H groups in total. The maximum atomic E-state index is 12.9. The Labute approximate surface area is 163 Å². The second-order valence-corrected chi connectivity index (χ2v) is 8.24. The summed E-state index contributed by atoms with van der Waals surface area (Å²) in [6, 6.07) is 8.72. The summed E-state index contributed by atoms with van der Waals surface area (Å²) in [7, 11) is 1.73. The number of benzene rings is 1. The zero-order valence-corrected chi connectivity index (χ0v) is 16.7. The highest BCUT2D eigenvalue weighted by Gasteiger charge is 2.27. The maximum absolute atomic E-state index is 12.9. The van der Waals surface area contributed by atoms with Crippen molar-refractivity contribution in [1.82, 2.24) is 4.90 Å². The Morgan fingerprint density at radius 1 is 1.41 bits per heavy atom. The predicted octanol–water partition coefficient (Wildman–Crippen LogP) is 4.73. The van der Waals surface area contributed by atoms with Crippen LogP contribution in [-0.4, -0.2) is 35.9 Å². The van der Waals surface area contributed by atoms with Crippen LogP contribution in [0.15, 0.2) is 35.7 Å². The van der Waals surface area contributed by atoms with Crippen LogP contribution >= 0.6 is 11.3 Å². The van der Waals surface area contributed by atoms with Gasteiger partial charge in [0.25, 0.3) is 11.6 Å². The number of nitro benzene ring substituents is 1. The van der Waals surface area contributed by atoms with Gasteiger partial charge in [0.05, 0.1) is 11.0 Å². The quantitative estimate of drug-likeness (QED) is 0.550. The fourth-order valence-corrected chi connectivity index (χ4v) is 4.40. The van der Waals surface area contributed by atoms with Crippen LogP contribution in [0.3, 0.4) is 0 Å². The second-order valence-electron chi connectivity index (χ2n) is 7.26. The standard InChI is InChI=1S/C20H25N3O3S/c1-14-6-4-10-22(13-14)17-9-8-16(12-18(17)23(25)26)20(24)21(3)15(2)19-7-5-11-27-19/h5,7-9,11-12,14-15H,4,6,10,13H2,1-3H3/t14-,15+/m0/s1. The van der Waals surface area contributed by atoms with Crippen LogP contribution in [0.1, 0.15) is 48.0 Å². The minimum absolute atomic E-state index is 0.00660. The van der Waals surface area contributed by atoms with Crippen molar-refractivity contribution in [2.45, 2.75) is 32.7 Å². The van der Waals surface area contributed by atoms with Crippen LogP contribution in [-0.2, 0) is 0 Å². The summed E-state index contributed by atoms with van der Waals surface area (Å²) in [5, 5.41) is 13.6. The number of amides is 1. The normalized spacial score (nSPS) is 18.2. The van der Waals surface area contributed by atoms with Gasteiger partial charge in [-0.1, -0.05) is 13.0 Å². The molecule has 1 saturated heterocycles. The first-order valence-electron chi connectivity index (χ1n) is 9.22. The highest BCUT2D eigenvalue weighted by Crippen LogP contribution is 2.33. The van der Waals surface area contributed by atoms with Gasteiger partial charge in [0.2, 0.25) is 0 Å². The van der Waals surface area contributed by atoms with Gasteiger partial charge in [-0.25, -0.2) is 0 Å². The predicted molar refractivity (Wildman–Crippen MR) is 109 cm³/mol. The van der Waals surface area contributed by atoms with E-state index in [1.807, 2.05) is 24.4 Å². The number of carbonyl (C=O) groups is 1. The van der Waals surface area contributed by atoms with Gasteiger partial charge in [0.15, 0.2) is 0 Å². The van der Waals surface area contributed by atoms with Crippen LogP contribution in [0, 0.1) is 16.0 Å². The molecule has 6 nitrogen and oxygen atoms in total. The Morgan fingerprint density at radius 2 is 2.19 bits per heavy atom. The molecule has 0 bridgehead atoms. The van der Waals surface area contributed by atoms with E-state index >= 15 is 0 Å². The minimum atomic E-state index is -0.381. The Kier molecular flexibility index (Phi) is 5.79. The molecule has 3 rings (SSSR count). The van der Waals surface area contributed by atoms with Gasteiger partial charge in [-0.05, 0) is 49.3 Å². The third kappa shape index (κ3) is 4.13. The van der Waals surface area contributed by atoms with E-state index in [1.165, 1.54) is 6.07 Å². The van der Waals surface area contributed by atoms with Gasteiger partial charge < -0.3 is 9.80 Å². The molecule has 1 aliphatic rings. The fourth-order valence-electron chi connectivity index (χ4n) is 3.58. The Morgan fingerprint density at radius 3 is 2.81 bits per heavy atom. The molecular weight excluding hydrogens is 362 g/mol. The van der Waals surface area contributed by atoms with E-state index in [1.54, 1.807) is 35.4 Å². The van der Waals surface area contributed by atoms with Gasteiger partial charge in [-0.3, -0.25) is 14.9 Å². The monoisotopic (exact) mass is 387 g/mol. The van der Waals surface area contributed by atoms with Crippen molar-refractivity contribution in [1.29, 1.82) is 0 Å². The molecular formula is C20H25N3O3S. The molecule has 1 aliphatic heterocycles. The molecule has 0 unspecified atom stereocenters. The molecule has 0 radical (unpaired) electrons. The average molecular weight is 388 g/mol. The maximum Gasteiger partial charge on any atom is 0.293 e. The zero-order chi connectivity index (χ0) is 19.6. The summed E-state index contributed by atoms with van der Waals surface area (Å²) in [5.41, 5.74) is 0.964. The Bertz CT molecular complexity index is 822. The SMILES string of the molecule is C[C@H]1CCCN(c2ccc(C(=O)N(C)[C@H](C)c3cccs3)cc2[N+](=O)[O-])C1. The largest absolute Gasteiger partial charge is 0.366 e. The molecule has 1 fully saturated rings.